The van der Waals surface area contributed by atoms with E-state index in [1.807, 2.05) is 30.3 Å². The lowest BCUT2D eigenvalue weighted by atomic mass is 10.2. The monoisotopic (exact) mass is 245 g/mol. The van der Waals surface area contributed by atoms with E-state index in [1.54, 1.807) is 0 Å². The maximum Gasteiger partial charge on any atom is 0.335 e. The standard InChI is InChI=1S/C7H9N.C7H6O3/c8-6-7-4-2-1-3-5-7;8-6-3-1-5(2-4-6)7(9)10/h1-5H,6,8H2;1-4,8H,(H,9,10). The number of benzene rings is 2. The van der Waals surface area contributed by atoms with Crippen LogP contribution in [0.3, 0.4) is 0 Å². The minimum absolute atomic E-state index is 0.0741. The summed E-state index contributed by atoms with van der Waals surface area (Å²) in [4.78, 5) is 10.2. The zero-order valence-electron chi connectivity index (χ0n) is 9.78. The molecule has 2 aromatic rings. The zero-order valence-corrected chi connectivity index (χ0v) is 9.78. The Balaban J connectivity index is 0.000000184. The van der Waals surface area contributed by atoms with E-state index < -0.39 is 5.97 Å². The van der Waals surface area contributed by atoms with Gasteiger partial charge in [0.1, 0.15) is 5.75 Å². The molecule has 4 heteroatoms. The number of aromatic hydroxyl groups is 1. The molecular formula is C14H15NO3. The van der Waals surface area contributed by atoms with Gasteiger partial charge in [0.2, 0.25) is 0 Å². The third-order valence-electron chi connectivity index (χ3n) is 2.19. The molecule has 0 fully saturated rings. The first-order valence-corrected chi connectivity index (χ1v) is 5.40. The number of rotatable bonds is 2. The quantitative estimate of drug-likeness (QED) is 0.757. The molecule has 0 unspecified atom stereocenters. The Morgan fingerprint density at radius 1 is 1.00 bits per heavy atom. The van der Waals surface area contributed by atoms with Crippen LogP contribution in [0.25, 0.3) is 0 Å². The number of aromatic carboxylic acids is 1. The first kappa shape index (κ1) is 13.7. The molecule has 0 aromatic heterocycles. The molecule has 4 nitrogen and oxygen atoms in total. The van der Waals surface area contributed by atoms with Gasteiger partial charge in [-0.15, -0.1) is 0 Å². The van der Waals surface area contributed by atoms with E-state index in [2.05, 4.69) is 0 Å². The summed E-state index contributed by atoms with van der Waals surface area (Å²) in [5, 5.41) is 17.1. The molecule has 0 saturated heterocycles. The molecule has 0 bridgehead atoms. The molecule has 94 valence electrons. The van der Waals surface area contributed by atoms with Crippen LogP contribution in [-0.4, -0.2) is 16.2 Å². The highest BCUT2D eigenvalue weighted by Gasteiger charge is 1.99. The van der Waals surface area contributed by atoms with Crippen molar-refractivity contribution in [3.8, 4) is 5.75 Å². The van der Waals surface area contributed by atoms with E-state index in [0.29, 0.717) is 6.54 Å². The smallest absolute Gasteiger partial charge is 0.335 e. The molecular weight excluding hydrogens is 230 g/mol. The SMILES string of the molecule is NCc1ccccc1.O=C(O)c1ccc(O)cc1. The summed E-state index contributed by atoms with van der Waals surface area (Å²) in [6, 6.07) is 15.4. The number of carboxylic acid groups (broad SMARTS) is 1. The fourth-order valence-electron chi connectivity index (χ4n) is 1.22. The van der Waals surface area contributed by atoms with Crippen LogP contribution in [0, 0.1) is 0 Å². The summed E-state index contributed by atoms with van der Waals surface area (Å²) in [7, 11) is 0. The maximum absolute atomic E-state index is 10.2. The van der Waals surface area contributed by atoms with Crippen LogP contribution in [0.15, 0.2) is 54.6 Å². The molecule has 4 N–H and O–H groups in total. The second kappa shape index (κ2) is 7.09. The largest absolute Gasteiger partial charge is 0.508 e. The van der Waals surface area contributed by atoms with E-state index >= 15 is 0 Å². The molecule has 0 aliphatic heterocycles. The Morgan fingerprint density at radius 3 is 1.94 bits per heavy atom. The van der Waals surface area contributed by atoms with Crippen LogP contribution in [0.2, 0.25) is 0 Å². The van der Waals surface area contributed by atoms with Gasteiger partial charge in [-0.3, -0.25) is 0 Å². The van der Waals surface area contributed by atoms with E-state index in [-0.39, 0.29) is 11.3 Å². The third kappa shape index (κ3) is 4.67. The number of phenolic OH excluding ortho intramolecular Hbond substituents is 1. The van der Waals surface area contributed by atoms with Crippen LogP contribution in [0.4, 0.5) is 0 Å². The van der Waals surface area contributed by atoms with Crippen LogP contribution < -0.4 is 5.73 Å². The number of carbonyl (C=O) groups is 1. The van der Waals surface area contributed by atoms with Gasteiger partial charge in [0.25, 0.3) is 0 Å². The lowest BCUT2D eigenvalue weighted by Gasteiger charge is -1.92. The highest BCUT2D eigenvalue weighted by atomic mass is 16.4. The van der Waals surface area contributed by atoms with Crippen LogP contribution in [0.5, 0.6) is 5.75 Å². The highest BCUT2D eigenvalue weighted by Crippen LogP contribution is 2.08. The first-order valence-electron chi connectivity index (χ1n) is 5.40. The molecule has 0 aliphatic rings. The van der Waals surface area contributed by atoms with Crippen LogP contribution >= 0.6 is 0 Å². The number of hydrogen-bond donors (Lipinski definition) is 3. The lowest BCUT2D eigenvalue weighted by Crippen LogP contribution is -1.94. The van der Waals surface area contributed by atoms with Crippen LogP contribution in [-0.2, 0) is 6.54 Å². The number of hydrogen-bond acceptors (Lipinski definition) is 3. The van der Waals surface area contributed by atoms with E-state index in [9.17, 15) is 4.79 Å². The van der Waals surface area contributed by atoms with Gasteiger partial charge >= 0.3 is 5.97 Å². The minimum Gasteiger partial charge on any atom is -0.508 e. The molecule has 2 aromatic carbocycles. The highest BCUT2D eigenvalue weighted by molar-refractivity contribution is 5.87. The Kier molecular flexibility index (Phi) is 5.41. The van der Waals surface area contributed by atoms with Gasteiger partial charge in [-0.05, 0) is 29.8 Å². The zero-order chi connectivity index (χ0) is 13.4. The second-order valence-corrected chi connectivity index (χ2v) is 3.54. The molecule has 2 rings (SSSR count). The van der Waals surface area contributed by atoms with Crippen molar-refractivity contribution in [2.75, 3.05) is 0 Å². The summed E-state index contributed by atoms with van der Waals surface area (Å²) in [5.41, 5.74) is 6.72. The summed E-state index contributed by atoms with van der Waals surface area (Å²) < 4.78 is 0. The predicted octanol–water partition coefficient (Wildman–Crippen LogP) is 2.24. The topological polar surface area (TPSA) is 83.6 Å². The summed E-state index contributed by atoms with van der Waals surface area (Å²) in [5.74, 6) is -0.912. The van der Waals surface area contributed by atoms with Crippen molar-refractivity contribution in [2.45, 2.75) is 6.54 Å². The van der Waals surface area contributed by atoms with Crippen molar-refractivity contribution in [2.24, 2.45) is 5.73 Å². The summed E-state index contributed by atoms with van der Waals surface area (Å²) in [6.07, 6.45) is 0. The molecule has 0 amide bonds. The van der Waals surface area contributed by atoms with Gasteiger partial charge in [0.05, 0.1) is 5.56 Å². The van der Waals surface area contributed by atoms with Gasteiger partial charge in [0, 0.05) is 6.54 Å². The van der Waals surface area contributed by atoms with E-state index in [4.69, 9.17) is 15.9 Å². The number of phenols is 1. The fraction of sp³-hybridized carbons (Fsp3) is 0.0714. The molecule has 0 aliphatic carbocycles. The summed E-state index contributed by atoms with van der Waals surface area (Å²) in [6.45, 7) is 0.640. The maximum atomic E-state index is 10.2. The lowest BCUT2D eigenvalue weighted by molar-refractivity contribution is 0.0697. The Bertz CT molecular complexity index is 480. The van der Waals surface area contributed by atoms with Gasteiger partial charge in [-0.2, -0.15) is 0 Å². The van der Waals surface area contributed by atoms with Crippen LogP contribution in [0.1, 0.15) is 15.9 Å². The van der Waals surface area contributed by atoms with Crippen molar-refractivity contribution in [1.29, 1.82) is 0 Å². The Hall–Kier alpha value is -2.33. The van der Waals surface area contributed by atoms with Crippen molar-refractivity contribution in [3.63, 3.8) is 0 Å². The molecule has 0 saturated carbocycles. The Labute approximate surface area is 105 Å². The molecule has 0 spiro atoms. The normalized spacial score (nSPS) is 9.17. The van der Waals surface area contributed by atoms with Gasteiger partial charge in [-0.25, -0.2) is 4.79 Å². The second-order valence-electron chi connectivity index (χ2n) is 3.54. The Morgan fingerprint density at radius 2 is 1.56 bits per heavy atom. The van der Waals surface area contributed by atoms with Gasteiger partial charge in [0.15, 0.2) is 0 Å². The van der Waals surface area contributed by atoms with Crippen molar-refractivity contribution < 1.29 is 15.0 Å². The first-order chi connectivity index (χ1) is 8.63. The van der Waals surface area contributed by atoms with E-state index in [1.165, 1.54) is 29.8 Å². The molecule has 0 radical (unpaired) electrons. The van der Waals surface area contributed by atoms with Gasteiger partial charge in [-0.1, -0.05) is 30.3 Å². The number of nitrogens with two attached hydrogens (primary N) is 1. The van der Waals surface area contributed by atoms with Crippen molar-refractivity contribution in [3.05, 3.63) is 65.7 Å². The minimum atomic E-state index is -0.986. The average molecular weight is 245 g/mol. The average Bonchev–Trinajstić information content (AvgIpc) is 2.41. The summed E-state index contributed by atoms with van der Waals surface area (Å²) >= 11 is 0. The third-order valence-corrected chi connectivity index (χ3v) is 2.19. The molecule has 18 heavy (non-hydrogen) atoms. The fourth-order valence-corrected chi connectivity index (χ4v) is 1.22. The van der Waals surface area contributed by atoms with E-state index in [0.717, 1.165) is 0 Å². The predicted molar refractivity (Wildman–Crippen MR) is 69.4 cm³/mol. The van der Waals surface area contributed by atoms with Crippen molar-refractivity contribution >= 4 is 5.97 Å². The molecule has 0 heterocycles. The molecule has 0 atom stereocenters. The number of carboxylic acids is 1. The van der Waals surface area contributed by atoms with Crippen molar-refractivity contribution in [1.82, 2.24) is 0 Å². The van der Waals surface area contributed by atoms with Gasteiger partial charge < -0.3 is 15.9 Å².